The van der Waals surface area contributed by atoms with Gasteiger partial charge in [0.05, 0.1) is 16.7 Å². The van der Waals surface area contributed by atoms with Gasteiger partial charge >= 0.3 is 0 Å². The maximum atomic E-state index is 8.79. The second kappa shape index (κ2) is 8.48. The summed E-state index contributed by atoms with van der Waals surface area (Å²) in [4.78, 5) is 0. The Kier molecular flexibility index (Phi) is 5.77. The van der Waals surface area contributed by atoms with Crippen LogP contribution in [0.5, 0.6) is 0 Å². The highest BCUT2D eigenvalue weighted by molar-refractivity contribution is 5.92. The van der Waals surface area contributed by atoms with Gasteiger partial charge in [-0.2, -0.15) is 0 Å². The normalized spacial score (nSPS) is 19.2. The number of hydrogen-bond acceptors (Lipinski definition) is 4. The van der Waals surface area contributed by atoms with Gasteiger partial charge in [0.1, 0.15) is 5.84 Å². The predicted molar refractivity (Wildman–Crippen MR) is 124 cm³/mol. The van der Waals surface area contributed by atoms with Crippen molar-refractivity contribution in [3.05, 3.63) is 59.2 Å². The lowest BCUT2D eigenvalue weighted by Gasteiger charge is -2.29. The van der Waals surface area contributed by atoms with Crippen molar-refractivity contribution in [3.63, 3.8) is 0 Å². The number of benzene rings is 1. The second-order valence-electron chi connectivity index (χ2n) is 8.44. The van der Waals surface area contributed by atoms with E-state index in [2.05, 4.69) is 58.5 Å². The first-order valence-corrected chi connectivity index (χ1v) is 10.8. The molecule has 0 bridgehead atoms. The van der Waals surface area contributed by atoms with Crippen LogP contribution in [0.1, 0.15) is 43.9 Å². The van der Waals surface area contributed by atoms with Crippen molar-refractivity contribution >= 4 is 22.6 Å². The molecular formula is C24H32N6. The molecule has 6 nitrogen and oxygen atoms in total. The van der Waals surface area contributed by atoms with E-state index in [1.807, 2.05) is 13.1 Å². The first-order chi connectivity index (χ1) is 14.5. The number of aromatic nitrogens is 2. The highest BCUT2D eigenvalue weighted by atomic mass is 15.1. The number of pyridine rings is 1. The van der Waals surface area contributed by atoms with Crippen molar-refractivity contribution in [3.8, 4) is 0 Å². The molecule has 3 aromatic rings. The molecule has 0 spiro atoms. The van der Waals surface area contributed by atoms with Crippen LogP contribution in [0.2, 0.25) is 0 Å². The Morgan fingerprint density at radius 3 is 2.33 bits per heavy atom. The molecular weight excluding hydrogens is 372 g/mol. The summed E-state index contributed by atoms with van der Waals surface area (Å²) in [6, 6.07) is 15.6. The zero-order valence-electron chi connectivity index (χ0n) is 18.1. The summed E-state index contributed by atoms with van der Waals surface area (Å²) in [6.45, 7) is 4.63. The highest BCUT2D eigenvalue weighted by Gasteiger charge is 2.21. The molecule has 0 atom stereocenters. The van der Waals surface area contributed by atoms with Crippen molar-refractivity contribution in [2.24, 2.45) is 0 Å². The van der Waals surface area contributed by atoms with Gasteiger partial charge in [-0.25, -0.2) is 0 Å². The summed E-state index contributed by atoms with van der Waals surface area (Å²) < 4.78 is 4.04. The topological polar surface area (TPSA) is 81.6 Å². The molecule has 6 heteroatoms. The quantitative estimate of drug-likeness (QED) is 0.382. The Labute approximate surface area is 177 Å². The SMILES string of the molecule is CN[C@H]1CC[C@@H](Nc2cc3c(cc(C)n3Cc3ccccc3)n(C(C)=N)c2=N)CC1. The third-order valence-corrected chi connectivity index (χ3v) is 6.34. The number of hydrogen-bond donors (Lipinski definition) is 4. The molecule has 0 saturated heterocycles. The molecule has 1 saturated carbocycles. The third kappa shape index (κ3) is 3.92. The van der Waals surface area contributed by atoms with Gasteiger partial charge in [0.25, 0.3) is 0 Å². The first kappa shape index (κ1) is 20.4. The molecule has 1 fully saturated rings. The molecule has 158 valence electrons. The Bertz CT molecular complexity index is 1100. The summed E-state index contributed by atoms with van der Waals surface area (Å²) in [5, 5.41) is 24.1. The fourth-order valence-electron chi connectivity index (χ4n) is 4.64. The van der Waals surface area contributed by atoms with Crippen molar-refractivity contribution in [2.75, 3.05) is 12.4 Å². The van der Waals surface area contributed by atoms with E-state index in [0.717, 1.165) is 54.6 Å². The Balaban J connectivity index is 1.75. The Hall–Kier alpha value is -2.86. The molecule has 4 rings (SSSR count). The van der Waals surface area contributed by atoms with E-state index in [1.54, 1.807) is 11.5 Å². The van der Waals surface area contributed by atoms with Crippen LogP contribution < -0.4 is 16.1 Å². The van der Waals surface area contributed by atoms with Gasteiger partial charge in [-0.05, 0) is 64.3 Å². The number of aryl methyl sites for hydroxylation is 1. The Morgan fingerprint density at radius 1 is 1.03 bits per heavy atom. The number of nitrogens with zero attached hydrogens (tertiary/aromatic N) is 2. The van der Waals surface area contributed by atoms with Crippen LogP contribution in [0.25, 0.3) is 11.0 Å². The van der Waals surface area contributed by atoms with Crippen molar-refractivity contribution in [2.45, 2.75) is 58.2 Å². The van der Waals surface area contributed by atoms with E-state index in [1.165, 1.54) is 5.56 Å². The van der Waals surface area contributed by atoms with Crippen LogP contribution in [0.3, 0.4) is 0 Å². The molecule has 2 aromatic heterocycles. The van der Waals surface area contributed by atoms with Crippen LogP contribution in [0, 0.1) is 17.7 Å². The summed E-state index contributed by atoms with van der Waals surface area (Å²) >= 11 is 0. The zero-order chi connectivity index (χ0) is 21.3. The van der Waals surface area contributed by atoms with Crippen LogP contribution in [-0.4, -0.2) is 34.1 Å². The molecule has 1 aliphatic rings. The fourth-order valence-corrected chi connectivity index (χ4v) is 4.64. The number of rotatable bonds is 5. The zero-order valence-corrected chi connectivity index (χ0v) is 18.1. The van der Waals surface area contributed by atoms with Gasteiger partial charge in [-0.1, -0.05) is 30.3 Å². The molecule has 0 unspecified atom stereocenters. The van der Waals surface area contributed by atoms with E-state index < -0.39 is 0 Å². The van der Waals surface area contributed by atoms with E-state index in [4.69, 9.17) is 10.8 Å². The summed E-state index contributed by atoms with van der Waals surface area (Å²) in [5.41, 5.74) is 5.54. The average Bonchev–Trinajstić information content (AvgIpc) is 3.04. The molecule has 0 radical (unpaired) electrons. The molecule has 4 N–H and O–H groups in total. The van der Waals surface area contributed by atoms with Crippen LogP contribution in [0.15, 0.2) is 42.5 Å². The highest BCUT2D eigenvalue weighted by Crippen LogP contribution is 2.25. The van der Waals surface area contributed by atoms with Crippen molar-refractivity contribution in [1.82, 2.24) is 14.5 Å². The van der Waals surface area contributed by atoms with Crippen LogP contribution in [0.4, 0.5) is 5.69 Å². The van der Waals surface area contributed by atoms with Crippen molar-refractivity contribution in [1.29, 1.82) is 10.8 Å². The monoisotopic (exact) mass is 404 g/mol. The van der Waals surface area contributed by atoms with Gasteiger partial charge in [0.2, 0.25) is 0 Å². The summed E-state index contributed by atoms with van der Waals surface area (Å²) in [5.74, 6) is 0.365. The predicted octanol–water partition coefficient (Wildman–Crippen LogP) is 4.07. The minimum atomic E-state index is 0.364. The minimum Gasteiger partial charge on any atom is -0.379 e. The molecule has 1 aromatic carbocycles. The van der Waals surface area contributed by atoms with Gasteiger partial charge in [0, 0.05) is 24.3 Å². The summed E-state index contributed by atoms with van der Waals surface area (Å²) in [7, 11) is 2.03. The lowest BCUT2D eigenvalue weighted by Crippen LogP contribution is -2.37. The number of nitrogens with one attached hydrogen (secondary N) is 4. The molecule has 30 heavy (non-hydrogen) atoms. The second-order valence-corrected chi connectivity index (χ2v) is 8.44. The maximum absolute atomic E-state index is 8.79. The van der Waals surface area contributed by atoms with Gasteiger partial charge in [-0.15, -0.1) is 0 Å². The standard InChI is InChI=1S/C24H32N6/c1-16-13-23-22(29(16)15-18-7-5-4-6-8-18)14-21(24(26)30(23)17(2)25)28-20-11-9-19(27-3)10-12-20/h4-8,13-14,19-20,25-28H,9-12,15H2,1-3H3/t19-,20+. The summed E-state index contributed by atoms with van der Waals surface area (Å²) in [6.07, 6.45) is 4.49. The lowest BCUT2D eigenvalue weighted by atomic mass is 9.91. The number of anilines is 1. The molecule has 2 heterocycles. The van der Waals surface area contributed by atoms with Crippen LogP contribution in [-0.2, 0) is 6.54 Å². The van der Waals surface area contributed by atoms with E-state index in [-0.39, 0.29) is 0 Å². The van der Waals surface area contributed by atoms with E-state index >= 15 is 0 Å². The number of fused-ring (bicyclic) bond motifs is 1. The molecule has 1 aliphatic carbocycles. The Morgan fingerprint density at radius 2 is 1.70 bits per heavy atom. The van der Waals surface area contributed by atoms with Crippen molar-refractivity contribution < 1.29 is 0 Å². The van der Waals surface area contributed by atoms with Gasteiger partial charge in [0.15, 0.2) is 5.49 Å². The van der Waals surface area contributed by atoms with Crippen LogP contribution >= 0.6 is 0 Å². The first-order valence-electron chi connectivity index (χ1n) is 10.8. The van der Waals surface area contributed by atoms with Gasteiger partial charge < -0.3 is 15.2 Å². The van der Waals surface area contributed by atoms with E-state index in [9.17, 15) is 0 Å². The third-order valence-electron chi connectivity index (χ3n) is 6.34. The maximum Gasteiger partial charge on any atom is 0.154 e. The average molecular weight is 405 g/mol. The fraction of sp³-hybridized carbons (Fsp3) is 0.417. The lowest BCUT2D eigenvalue weighted by molar-refractivity contribution is 0.371. The molecule has 0 amide bonds. The largest absolute Gasteiger partial charge is 0.379 e. The minimum absolute atomic E-state index is 0.364. The van der Waals surface area contributed by atoms with Gasteiger partial charge in [-0.3, -0.25) is 15.4 Å². The smallest absolute Gasteiger partial charge is 0.154 e. The van der Waals surface area contributed by atoms with E-state index in [0.29, 0.717) is 23.4 Å². The molecule has 0 aliphatic heterocycles.